The zero-order valence-corrected chi connectivity index (χ0v) is 17.3. The molecule has 5 nitrogen and oxygen atoms in total. The van der Waals surface area contributed by atoms with Crippen LogP contribution in [0.25, 0.3) is 0 Å². The summed E-state index contributed by atoms with van der Waals surface area (Å²) in [6.07, 6.45) is 6.97. The van der Waals surface area contributed by atoms with Crippen LogP contribution in [0.3, 0.4) is 0 Å². The Hall–Kier alpha value is -0.880. The third-order valence-electron chi connectivity index (χ3n) is 4.66. The molecular formula is C19H38N2O3S. The highest BCUT2D eigenvalue weighted by molar-refractivity contribution is 7.80. The SMILES string of the molecule is CC(C)(CCCO)CCCNC(=S)NCCCC(C)(C)CCC(=O)O. The van der Waals surface area contributed by atoms with Gasteiger partial charge < -0.3 is 20.8 Å². The van der Waals surface area contributed by atoms with Crippen LogP contribution < -0.4 is 10.6 Å². The van der Waals surface area contributed by atoms with Gasteiger partial charge in [0.2, 0.25) is 0 Å². The Balaban J connectivity index is 3.72. The zero-order chi connectivity index (χ0) is 19.3. The Morgan fingerprint density at radius 3 is 1.76 bits per heavy atom. The molecule has 0 saturated carbocycles. The monoisotopic (exact) mass is 374 g/mol. The van der Waals surface area contributed by atoms with Crippen LogP contribution >= 0.6 is 12.2 Å². The summed E-state index contributed by atoms with van der Waals surface area (Å²) in [5.41, 5.74) is 0.316. The predicted molar refractivity (Wildman–Crippen MR) is 108 cm³/mol. The van der Waals surface area contributed by atoms with Crippen molar-refractivity contribution < 1.29 is 15.0 Å². The van der Waals surface area contributed by atoms with Gasteiger partial charge in [0.25, 0.3) is 0 Å². The van der Waals surface area contributed by atoms with Crippen molar-refractivity contribution in [3.8, 4) is 0 Å². The van der Waals surface area contributed by atoms with Crippen LogP contribution in [0.5, 0.6) is 0 Å². The number of carboxylic acid groups (broad SMARTS) is 1. The minimum Gasteiger partial charge on any atom is -0.481 e. The Kier molecular flexibility index (Phi) is 12.0. The molecule has 0 aromatic carbocycles. The van der Waals surface area contributed by atoms with Gasteiger partial charge in [0, 0.05) is 26.1 Å². The Morgan fingerprint density at radius 2 is 1.32 bits per heavy atom. The number of hydrogen-bond acceptors (Lipinski definition) is 3. The Morgan fingerprint density at radius 1 is 0.880 bits per heavy atom. The topological polar surface area (TPSA) is 81.6 Å². The fraction of sp³-hybridized carbons (Fsp3) is 0.895. The average molecular weight is 375 g/mol. The maximum absolute atomic E-state index is 10.7. The lowest BCUT2D eigenvalue weighted by Crippen LogP contribution is -2.36. The van der Waals surface area contributed by atoms with E-state index in [1.807, 2.05) is 0 Å². The zero-order valence-electron chi connectivity index (χ0n) is 16.5. The number of aliphatic carboxylic acids is 1. The molecule has 0 aliphatic rings. The molecule has 6 heteroatoms. The highest BCUT2D eigenvalue weighted by atomic mass is 32.1. The molecule has 0 amide bonds. The minimum absolute atomic E-state index is 0.0509. The molecule has 0 spiro atoms. The van der Waals surface area contributed by atoms with Gasteiger partial charge >= 0.3 is 5.97 Å². The molecule has 0 fully saturated rings. The first-order chi connectivity index (χ1) is 11.6. The molecule has 0 aromatic rings. The van der Waals surface area contributed by atoms with Crippen LogP contribution in [-0.2, 0) is 4.79 Å². The van der Waals surface area contributed by atoms with Gasteiger partial charge in [-0.1, -0.05) is 27.7 Å². The number of thiocarbonyl (C=S) groups is 1. The van der Waals surface area contributed by atoms with E-state index in [2.05, 4.69) is 38.3 Å². The summed E-state index contributed by atoms with van der Waals surface area (Å²) in [7, 11) is 0. The highest BCUT2D eigenvalue weighted by Crippen LogP contribution is 2.28. The number of aliphatic hydroxyl groups is 1. The number of carboxylic acids is 1. The quantitative estimate of drug-likeness (QED) is 0.274. The summed E-state index contributed by atoms with van der Waals surface area (Å²) in [5, 5.41) is 24.8. The molecule has 0 atom stereocenters. The first-order valence-electron chi connectivity index (χ1n) is 9.42. The predicted octanol–water partition coefficient (Wildman–Crippen LogP) is 3.70. The van der Waals surface area contributed by atoms with Gasteiger partial charge in [-0.25, -0.2) is 0 Å². The molecule has 0 aromatic heterocycles. The third kappa shape index (κ3) is 15.1. The lowest BCUT2D eigenvalue weighted by Gasteiger charge is -2.24. The van der Waals surface area contributed by atoms with Crippen LogP contribution in [0.1, 0.15) is 79.1 Å². The fourth-order valence-electron chi connectivity index (χ4n) is 2.85. The van der Waals surface area contributed by atoms with Crippen molar-refractivity contribution in [3.63, 3.8) is 0 Å². The van der Waals surface area contributed by atoms with Crippen molar-refractivity contribution in [2.75, 3.05) is 19.7 Å². The van der Waals surface area contributed by atoms with Gasteiger partial charge in [-0.15, -0.1) is 0 Å². The van der Waals surface area contributed by atoms with Crippen LogP contribution in [-0.4, -0.2) is 41.0 Å². The summed E-state index contributed by atoms with van der Waals surface area (Å²) in [6, 6.07) is 0. The van der Waals surface area contributed by atoms with Crippen LogP contribution in [0.4, 0.5) is 0 Å². The minimum atomic E-state index is -0.726. The van der Waals surface area contributed by atoms with E-state index in [0.717, 1.165) is 51.6 Å². The Bertz CT molecular complexity index is 398. The van der Waals surface area contributed by atoms with Crippen molar-refractivity contribution in [3.05, 3.63) is 0 Å². The number of nitrogens with one attached hydrogen (secondary N) is 2. The summed E-state index contributed by atoms with van der Waals surface area (Å²) >= 11 is 5.29. The van der Waals surface area contributed by atoms with E-state index < -0.39 is 5.97 Å². The van der Waals surface area contributed by atoms with E-state index in [9.17, 15) is 4.79 Å². The molecule has 0 heterocycles. The molecule has 0 aliphatic carbocycles. The fourth-order valence-corrected chi connectivity index (χ4v) is 3.06. The Labute approximate surface area is 159 Å². The molecule has 0 unspecified atom stereocenters. The molecule has 148 valence electrons. The first-order valence-corrected chi connectivity index (χ1v) is 9.83. The van der Waals surface area contributed by atoms with Crippen molar-refractivity contribution in [2.24, 2.45) is 10.8 Å². The second-order valence-corrected chi connectivity index (χ2v) is 8.85. The maximum Gasteiger partial charge on any atom is 0.303 e. The summed E-state index contributed by atoms with van der Waals surface area (Å²) in [5.74, 6) is -0.726. The standard InChI is InChI=1S/C19H38N2O3S/c1-18(2,11-7-15-22)9-5-13-20-17(25)21-14-6-10-19(3,4)12-8-16(23)24/h22H,5-15H2,1-4H3,(H,23,24)(H2,20,21,25). The van der Waals surface area contributed by atoms with E-state index in [1.54, 1.807) is 0 Å². The average Bonchev–Trinajstić information content (AvgIpc) is 2.52. The van der Waals surface area contributed by atoms with Gasteiger partial charge in [-0.05, 0) is 68.0 Å². The van der Waals surface area contributed by atoms with Crippen molar-refractivity contribution in [2.45, 2.75) is 79.1 Å². The smallest absolute Gasteiger partial charge is 0.303 e. The molecule has 0 bridgehead atoms. The van der Waals surface area contributed by atoms with Gasteiger partial charge in [0.15, 0.2) is 5.11 Å². The van der Waals surface area contributed by atoms with E-state index in [4.69, 9.17) is 22.4 Å². The van der Waals surface area contributed by atoms with E-state index in [-0.39, 0.29) is 23.9 Å². The molecule has 0 aliphatic heterocycles. The van der Waals surface area contributed by atoms with Crippen LogP contribution in [0.15, 0.2) is 0 Å². The summed E-state index contributed by atoms with van der Waals surface area (Å²) < 4.78 is 0. The van der Waals surface area contributed by atoms with E-state index >= 15 is 0 Å². The molecule has 25 heavy (non-hydrogen) atoms. The molecule has 0 rings (SSSR count). The molecule has 4 N–H and O–H groups in total. The number of carbonyl (C=O) groups is 1. The summed E-state index contributed by atoms with van der Waals surface area (Å²) in [4.78, 5) is 10.7. The largest absolute Gasteiger partial charge is 0.481 e. The van der Waals surface area contributed by atoms with Crippen molar-refractivity contribution in [1.82, 2.24) is 10.6 Å². The molecular weight excluding hydrogens is 336 g/mol. The first kappa shape index (κ1) is 24.1. The number of rotatable bonds is 14. The molecule has 0 saturated heterocycles. The lowest BCUT2D eigenvalue weighted by atomic mass is 9.83. The maximum atomic E-state index is 10.7. The molecule has 0 radical (unpaired) electrons. The van der Waals surface area contributed by atoms with Gasteiger partial charge in [-0.2, -0.15) is 0 Å². The van der Waals surface area contributed by atoms with E-state index in [0.29, 0.717) is 11.5 Å². The number of hydrogen-bond donors (Lipinski definition) is 4. The number of aliphatic hydroxyl groups excluding tert-OH is 1. The third-order valence-corrected chi connectivity index (χ3v) is 4.95. The van der Waals surface area contributed by atoms with Crippen molar-refractivity contribution >= 4 is 23.3 Å². The second-order valence-electron chi connectivity index (χ2n) is 8.44. The van der Waals surface area contributed by atoms with Crippen molar-refractivity contribution in [1.29, 1.82) is 0 Å². The lowest BCUT2D eigenvalue weighted by molar-refractivity contribution is -0.137. The second kappa shape index (κ2) is 12.5. The van der Waals surface area contributed by atoms with Crippen LogP contribution in [0.2, 0.25) is 0 Å². The van der Waals surface area contributed by atoms with E-state index in [1.165, 1.54) is 0 Å². The van der Waals surface area contributed by atoms with Gasteiger partial charge in [0.1, 0.15) is 0 Å². The normalized spacial score (nSPS) is 12.0. The highest BCUT2D eigenvalue weighted by Gasteiger charge is 2.19. The van der Waals surface area contributed by atoms with Crippen LogP contribution in [0, 0.1) is 10.8 Å². The van der Waals surface area contributed by atoms with Gasteiger partial charge in [0.05, 0.1) is 0 Å². The summed E-state index contributed by atoms with van der Waals surface area (Å²) in [6.45, 7) is 10.7. The van der Waals surface area contributed by atoms with Gasteiger partial charge in [-0.3, -0.25) is 4.79 Å².